The molecule has 27 heavy (non-hydrogen) atoms. The maximum Gasteiger partial charge on any atom is 0.167 e. The van der Waals surface area contributed by atoms with E-state index in [2.05, 4.69) is 9.97 Å². The van der Waals surface area contributed by atoms with Gasteiger partial charge < -0.3 is 30.4 Å². The second-order valence-electron chi connectivity index (χ2n) is 7.15. The van der Waals surface area contributed by atoms with E-state index in [-0.39, 0.29) is 0 Å². The first kappa shape index (κ1) is 17.9. The average molecular weight is 370 g/mol. The van der Waals surface area contributed by atoms with Gasteiger partial charge in [0.2, 0.25) is 0 Å². The van der Waals surface area contributed by atoms with Crippen LogP contribution in [-0.2, 0) is 4.74 Å². The van der Waals surface area contributed by atoms with Gasteiger partial charge in [0.05, 0.1) is 12.0 Å². The molecule has 4 rings (SSSR count). The molecule has 0 amide bonds. The third-order valence-electron chi connectivity index (χ3n) is 5.19. The Kier molecular flexibility index (Phi) is 4.15. The molecule has 2 aromatic heterocycles. The normalized spacial score (nSPS) is 28.1. The third-order valence-corrected chi connectivity index (χ3v) is 5.19. The number of ether oxygens (including phenoxy) is 1. The van der Waals surface area contributed by atoms with Gasteiger partial charge in [-0.05, 0) is 19.4 Å². The number of hydrogen-bond donors (Lipinski definition) is 4. The summed E-state index contributed by atoms with van der Waals surface area (Å²) in [4.78, 5) is 8.42. The smallest absolute Gasteiger partial charge is 0.167 e. The van der Waals surface area contributed by atoms with Crippen LogP contribution in [-0.4, -0.2) is 54.3 Å². The van der Waals surface area contributed by atoms with Crippen LogP contribution in [0.4, 0.5) is 5.82 Å². The molecule has 3 aromatic rings. The predicted molar refractivity (Wildman–Crippen MR) is 99.7 cm³/mol. The number of nitrogen functional groups attached to an aromatic ring is 1. The zero-order valence-corrected chi connectivity index (χ0v) is 15.1. The molecule has 8 heteroatoms. The van der Waals surface area contributed by atoms with E-state index >= 15 is 0 Å². The molecule has 1 aliphatic heterocycles. The fourth-order valence-corrected chi connectivity index (χ4v) is 3.63. The lowest BCUT2D eigenvalue weighted by Crippen LogP contribution is -2.44. The zero-order chi connectivity index (χ0) is 19.3. The van der Waals surface area contributed by atoms with Crippen molar-refractivity contribution in [3.05, 3.63) is 42.4 Å². The van der Waals surface area contributed by atoms with E-state index in [0.717, 1.165) is 16.7 Å². The topological polar surface area (TPSA) is 127 Å². The summed E-state index contributed by atoms with van der Waals surface area (Å²) in [5.74, 6) is 0.311. The van der Waals surface area contributed by atoms with Crippen LogP contribution >= 0.6 is 0 Å². The largest absolute Gasteiger partial charge is 0.394 e. The molecule has 4 atom stereocenters. The van der Waals surface area contributed by atoms with Gasteiger partial charge in [-0.25, -0.2) is 9.97 Å². The summed E-state index contributed by atoms with van der Waals surface area (Å²) in [6.07, 6.45) is 0.0416. The van der Waals surface area contributed by atoms with Crippen molar-refractivity contribution in [2.75, 3.05) is 12.3 Å². The lowest BCUT2D eigenvalue weighted by Gasteiger charge is -2.27. The number of aliphatic hydroxyl groups excluding tert-OH is 2. The van der Waals surface area contributed by atoms with E-state index in [4.69, 9.17) is 10.5 Å². The highest BCUT2D eigenvalue weighted by Gasteiger charge is 2.53. The van der Waals surface area contributed by atoms with E-state index in [9.17, 15) is 15.3 Å². The lowest BCUT2D eigenvalue weighted by molar-refractivity contribution is -0.0948. The minimum Gasteiger partial charge on any atom is -0.394 e. The van der Waals surface area contributed by atoms with Crippen LogP contribution in [0.25, 0.3) is 22.2 Å². The quantitative estimate of drug-likeness (QED) is 0.541. The number of anilines is 1. The molecule has 4 unspecified atom stereocenters. The molecular formula is C19H22N4O4. The van der Waals surface area contributed by atoms with Crippen molar-refractivity contribution < 1.29 is 20.1 Å². The van der Waals surface area contributed by atoms with E-state index < -0.39 is 30.6 Å². The van der Waals surface area contributed by atoms with Gasteiger partial charge in [-0.15, -0.1) is 0 Å². The van der Waals surface area contributed by atoms with Crippen molar-refractivity contribution in [3.8, 4) is 11.1 Å². The summed E-state index contributed by atoms with van der Waals surface area (Å²) < 4.78 is 7.39. The fourth-order valence-electron chi connectivity index (χ4n) is 3.63. The Bertz CT molecular complexity index is 983. The molecule has 3 heterocycles. The van der Waals surface area contributed by atoms with Gasteiger partial charge in [-0.1, -0.05) is 29.8 Å². The van der Waals surface area contributed by atoms with E-state index in [1.807, 2.05) is 31.2 Å². The molecular weight excluding hydrogens is 348 g/mol. The monoisotopic (exact) mass is 370 g/mol. The van der Waals surface area contributed by atoms with Gasteiger partial charge in [0.1, 0.15) is 35.6 Å². The number of benzene rings is 1. The molecule has 0 bridgehead atoms. The Balaban J connectivity index is 1.93. The maximum atomic E-state index is 10.8. The Morgan fingerprint density at radius 3 is 2.59 bits per heavy atom. The first-order valence-corrected chi connectivity index (χ1v) is 8.69. The zero-order valence-electron chi connectivity index (χ0n) is 15.1. The number of aromatic nitrogens is 3. The van der Waals surface area contributed by atoms with Gasteiger partial charge in [-0.2, -0.15) is 0 Å². The van der Waals surface area contributed by atoms with Gasteiger partial charge in [0, 0.05) is 11.8 Å². The van der Waals surface area contributed by atoms with Crippen LogP contribution in [0.1, 0.15) is 18.7 Å². The summed E-state index contributed by atoms with van der Waals surface area (Å²) in [5.41, 5.74) is 7.83. The molecule has 1 fully saturated rings. The molecule has 5 N–H and O–H groups in total. The van der Waals surface area contributed by atoms with Crippen molar-refractivity contribution in [2.24, 2.45) is 0 Å². The van der Waals surface area contributed by atoms with Crippen LogP contribution in [0.3, 0.4) is 0 Å². The van der Waals surface area contributed by atoms with E-state index in [1.54, 1.807) is 10.8 Å². The SMILES string of the molecule is Cc1ccc(-c2cn(C3OC(CO)C(O)C3(C)O)c3ncnc(N)c23)cc1. The predicted octanol–water partition coefficient (Wildman–Crippen LogP) is 0.991. The number of fused-ring (bicyclic) bond motifs is 1. The van der Waals surface area contributed by atoms with Crippen LogP contribution < -0.4 is 5.73 Å². The summed E-state index contributed by atoms with van der Waals surface area (Å²) in [5, 5.41) is 31.3. The van der Waals surface area contributed by atoms with Crippen molar-refractivity contribution in [1.82, 2.24) is 14.5 Å². The average Bonchev–Trinajstić information content (AvgIpc) is 3.13. The molecule has 0 saturated carbocycles. The molecule has 0 radical (unpaired) electrons. The van der Waals surface area contributed by atoms with Crippen molar-refractivity contribution >= 4 is 16.9 Å². The highest BCUT2D eigenvalue weighted by atomic mass is 16.6. The summed E-state index contributed by atoms with van der Waals surface area (Å²) in [6.45, 7) is 3.07. The molecule has 1 saturated heterocycles. The third kappa shape index (κ3) is 2.69. The summed E-state index contributed by atoms with van der Waals surface area (Å²) in [7, 11) is 0. The van der Waals surface area contributed by atoms with Crippen LogP contribution in [0.2, 0.25) is 0 Å². The second-order valence-corrected chi connectivity index (χ2v) is 7.15. The number of nitrogens with zero attached hydrogens (tertiary/aromatic N) is 3. The van der Waals surface area contributed by atoms with Crippen LogP contribution in [0.5, 0.6) is 0 Å². The Morgan fingerprint density at radius 1 is 1.26 bits per heavy atom. The Hall–Kier alpha value is -2.52. The number of hydrogen-bond acceptors (Lipinski definition) is 7. The fraction of sp³-hybridized carbons (Fsp3) is 0.368. The van der Waals surface area contributed by atoms with Gasteiger partial charge in [0.15, 0.2) is 6.23 Å². The minimum atomic E-state index is -1.62. The van der Waals surface area contributed by atoms with Crippen LogP contribution in [0, 0.1) is 6.92 Å². The van der Waals surface area contributed by atoms with Crippen LogP contribution in [0.15, 0.2) is 36.8 Å². The highest BCUT2D eigenvalue weighted by molar-refractivity contribution is 6.00. The van der Waals surface area contributed by atoms with E-state index in [0.29, 0.717) is 16.9 Å². The minimum absolute atomic E-state index is 0.311. The number of aryl methyl sites for hydroxylation is 1. The number of nitrogens with two attached hydrogens (primary N) is 1. The lowest BCUT2D eigenvalue weighted by atomic mass is 9.96. The van der Waals surface area contributed by atoms with Gasteiger partial charge >= 0.3 is 0 Å². The van der Waals surface area contributed by atoms with Gasteiger partial charge in [-0.3, -0.25) is 0 Å². The highest BCUT2D eigenvalue weighted by Crippen LogP contribution is 2.42. The van der Waals surface area contributed by atoms with Gasteiger partial charge in [0.25, 0.3) is 0 Å². The molecule has 0 spiro atoms. The Labute approximate surface area is 155 Å². The molecule has 8 nitrogen and oxygen atoms in total. The Morgan fingerprint density at radius 2 is 1.96 bits per heavy atom. The van der Waals surface area contributed by atoms with Crippen molar-refractivity contribution in [1.29, 1.82) is 0 Å². The molecule has 142 valence electrons. The first-order valence-electron chi connectivity index (χ1n) is 8.69. The molecule has 0 aliphatic carbocycles. The summed E-state index contributed by atoms with van der Waals surface area (Å²) in [6, 6.07) is 7.93. The van der Waals surface area contributed by atoms with Crippen molar-refractivity contribution in [3.63, 3.8) is 0 Å². The molecule has 1 aliphatic rings. The summed E-state index contributed by atoms with van der Waals surface area (Å²) >= 11 is 0. The maximum absolute atomic E-state index is 10.8. The van der Waals surface area contributed by atoms with Crippen molar-refractivity contribution in [2.45, 2.75) is 37.9 Å². The van der Waals surface area contributed by atoms with E-state index in [1.165, 1.54) is 13.3 Å². The number of rotatable bonds is 3. The molecule has 1 aromatic carbocycles. The standard InChI is InChI=1S/C19H22N4O4/c1-10-3-5-11(6-4-10)12-7-23(17-14(12)16(20)21-9-22-17)18-19(2,26)15(25)13(8-24)27-18/h3-7,9,13,15,18,24-26H,8H2,1-2H3,(H2,20,21,22). The second kappa shape index (κ2) is 6.28. The number of aliphatic hydroxyl groups is 3. The first-order chi connectivity index (χ1) is 12.8.